The zero-order valence-electron chi connectivity index (χ0n) is 30.7. The summed E-state index contributed by atoms with van der Waals surface area (Å²) in [6.07, 6.45) is 3.44. The number of allylic oxidation sites excluding steroid dienone is 1. The minimum absolute atomic E-state index is 0.352. The quantitative estimate of drug-likeness (QED) is 0.173. The fraction of sp³-hybridized carbons (Fsp3) is 0.0566. The van der Waals surface area contributed by atoms with Crippen LogP contribution in [0.5, 0.6) is 0 Å². The van der Waals surface area contributed by atoms with E-state index in [4.69, 9.17) is 0 Å². The molecule has 0 aliphatic heterocycles. The Morgan fingerprint density at radius 2 is 0.927 bits per heavy atom. The molecule has 55 heavy (non-hydrogen) atoms. The number of hydrogen-bond donors (Lipinski definition) is 0. The molecule has 0 amide bonds. The lowest BCUT2D eigenvalue weighted by molar-refractivity contribution is 0.736. The number of rotatable bonds is 4. The summed E-state index contributed by atoms with van der Waals surface area (Å²) < 4.78 is 5.08. The molecule has 11 rings (SSSR count). The second kappa shape index (κ2) is 12.6. The lowest BCUT2D eigenvalue weighted by atomic mass is 9.79. The average molecular weight is 703 g/mol. The number of benzene rings is 7. The Balaban J connectivity index is 1.31. The van der Waals surface area contributed by atoms with E-state index in [1.807, 2.05) is 0 Å². The minimum atomic E-state index is 0.352. The highest BCUT2D eigenvalue weighted by Gasteiger charge is 2.35. The Bertz CT molecular complexity index is 2930. The number of hydrogen-bond acceptors (Lipinski definition) is 0. The van der Waals surface area contributed by atoms with Gasteiger partial charge in [0.05, 0.1) is 22.6 Å². The van der Waals surface area contributed by atoms with Crippen molar-refractivity contribution in [2.45, 2.75) is 13.3 Å². The average Bonchev–Trinajstić information content (AvgIpc) is 3.76. The first kappa shape index (κ1) is 31.6. The summed E-state index contributed by atoms with van der Waals surface area (Å²) in [6, 6.07) is 68.9. The Kier molecular flexibility index (Phi) is 7.25. The van der Waals surface area contributed by atoms with Crippen LogP contribution < -0.4 is 0 Å². The van der Waals surface area contributed by atoms with Gasteiger partial charge < -0.3 is 9.13 Å². The van der Waals surface area contributed by atoms with E-state index in [0.717, 1.165) is 12.1 Å². The lowest BCUT2D eigenvalue weighted by Gasteiger charge is -2.24. The number of fused-ring (bicyclic) bond motifs is 12. The van der Waals surface area contributed by atoms with E-state index < -0.39 is 0 Å². The van der Waals surface area contributed by atoms with Crippen molar-refractivity contribution in [3.05, 3.63) is 205 Å². The van der Waals surface area contributed by atoms with Gasteiger partial charge in [0.15, 0.2) is 0 Å². The molecule has 2 aromatic heterocycles. The van der Waals surface area contributed by atoms with Crippen LogP contribution in [0.4, 0.5) is 0 Å². The van der Waals surface area contributed by atoms with E-state index in [0.29, 0.717) is 5.92 Å². The molecule has 2 aliphatic carbocycles. The summed E-state index contributed by atoms with van der Waals surface area (Å²) in [5.41, 5.74) is 21.4. The maximum atomic E-state index is 2.56. The third kappa shape index (κ3) is 4.88. The summed E-state index contributed by atoms with van der Waals surface area (Å²) in [5.74, 6) is 0.352. The maximum Gasteiger partial charge on any atom is 0.0626 e. The normalized spacial score (nSPS) is 14.1. The molecule has 2 heteroatoms. The van der Waals surface area contributed by atoms with Crippen molar-refractivity contribution in [1.82, 2.24) is 9.13 Å². The molecule has 2 aliphatic rings. The molecular weight excluding hydrogens is 665 g/mol. The van der Waals surface area contributed by atoms with Crippen molar-refractivity contribution in [2.24, 2.45) is 5.92 Å². The Labute approximate surface area is 321 Å². The van der Waals surface area contributed by atoms with Gasteiger partial charge in [-0.05, 0) is 87.7 Å². The molecule has 0 radical (unpaired) electrons. The minimum Gasteiger partial charge on any atom is -0.309 e. The fourth-order valence-electron chi connectivity index (χ4n) is 9.38. The van der Waals surface area contributed by atoms with Crippen LogP contribution in [0.1, 0.15) is 23.7 Å². The van der Waals surface area contributed by atoms with Gasteiger partial charge in [0.25, 0.3) is 0 Å². The molecule has 0 saturated heterocycles. The summed E-state index contributed by atoms with van der Waals surface area (Å²) in [7, 11) is 0. The summed E-state index contributed by atoms with van der Waals surface area (Å²) >= 11 is 0. The highest BCUT2D eigenvalue weighted by atomic mass is 15.0. The standard InChI is InChI=1S/C53H38N2/c1-35-32-47-49(34-46(35)37-20-8-3-9-21-37)55(40-24-12-5-13-25-40)53-44-29-17-16-28-43(44)52-50(41-26-14-15-27-42(41)51(47)53)45-31-30-38(36-18-6-2-7-19-36)33-48(45)54(52)39-22-10-4-11-23-39/h2-31,33-35H,32H2,1H3. The van der Waals surface area contributed by atoms with E-state index in [9.17, 15) is 0 Å². The van der Waals surface area contributed by atoms with Crippen LogP contribution in [-0.4, -0.2) is 9.13 Å². The Morgan fingerprint density at radius 3 is 1.55 bits per heavy atom. The van der Waals surface area contributed by atoms with Gasteiger partial charge in [0, 0.05) is 39.0 Å². The van der Waals surface area contributed by atoms with Gasteiger partial charge in [0.2, 0.25) is 0 Å². The van der Waals surface area contributed by atoms with Gasteiger partial charge in [-0.15, -0.1) is 0 Å². The van der Waals surface area contributed by atoms with E-state index in [2.05, 4.69) is 210 Å². The van der Waals surface area contributed by atoms with Crippen LogP contribution in [0, 0.1) is 5.92 Å². The van der Waals surface area contributed by atoms with Gasteiger partial charge >= 0.3 is 0 Å². The van der Waals surface area contributed by atoms with E-state index in [1.54, 1.807) is 0 Å². The monoisotopic (exact) mass is 702 g/mol. The van der Waals surface area contributed by atoms with E-state index in [-0.39, 0.29) is 0 Å². The molecule has 1 unspecified atom stereocenters. The molecule has 1 atom stereocenters. The topological polar surface area (TPSA) is 9.86 Å². The van der Waals surface area contributed by atoms with E-state index in [1.165, 1.54) is 94.9 Å². The zero-order chi connectivity index (χ0) is 36.5. The van der Waals surface area contributed by atoms with Crippen LogP contribution >= 0.6 is 0 Å². The zero-order valence-corrected chi connectivity index (χ0v) is 30.7. The number of nitrogens with zero attached hydrogens (tertiary/aromatic N) is 2. The lowest BCUT2D eigenvalue weighted by Crippen LogP contribution is -2.11. The summed E-state index contributed by atoms with van der Waals surface area (Å²) in [6.45, 7) is 2.40. The predicted octanol–water partition coefficient (Wildman–Crippen LogP) is 13.8. The van der Waals surface area contributed by atoms with E-state index >= 15 is 0 Å². The van der Waals surface area contributed by atoms with Gasteiger partial charge in [0.1, 0.15) is 0 Å². The van der Waals surface area contributed by atoms with Gasteiger partial charge in [-0.3, -0.25) is 0 Å². The fourth-order valence-corrected chi connectivity index (χ4v) is 9.38. The van der Waals surface area contributed by atoms with Crippen LogP contribution in [0.15, 0.2) is 188 Å². The predicted molar refractivity (Wildman–Crippen MR) is 231 cm³/mol. The molecule has 0 bridgehead atoms. The third-order valence-electron chi connectivity index (χ3n) is 11.8. The highest BCUT2D eigenvalue weighted by molar-refractivity contribution is 6.14. The number of aromatic nitrogens is 2. The second-order valence-electron chi connectivity index (χ2n) is 14.9. The summed E-state index contributed by atoms with van der Waals surface area (Å²) in [4.78, 5) is 0. The van der Waals surface area contributed by atoms with Crippen molar-refractivity contribution in [1.29, 1.82) is 0 Å². The second-order valence-corrected chi connectivity index (χ2v) is 14.9. The molecule has 0 spiro atoms. The molecule has 0 fully saturated rings. The largest absolute Gasteiger partial charge is 0.309 e. The SMILES string of the molecule is CC1Cc2c3c(n(-c4ccccc4)c2C=C1c1ccccc1)-c1ccccc1-c1c(c2ccc(-c4ccccc4)cc2n1-c1ccccc1)-c1ccccc1-3. The molecule has 2 nitrogen and oxygen atoms in total. The van der Waals surface area contributed by atoms with Crippen molar-refractivity contribution < 1.29 is 0 Å². The molecule has 9 aromatic rings. The first-order valence-corrected chi connectivity index (χ1v) is 19.3. The van der Waals surface area contributed by atoms with Crippen molar-refractivity contribution >= 4 is 22.6 Å². The van der Waals surface area contributed by atoms with Crippen LogP contribution in [0.3, 0.4) is 0 Å². The van der Waals surface area contributed by atoms with Crippen molar-refractivity contribution in [3.63, 3.8) is 0 Å². The Morgan fingerprint density at radius 1 is 0.436 bits per heavy atom. The van der Waals surface area contributed by atoms with Gasteiger partial charge in [-0.25, -0.2) is 0 Å². The smallest absolute Gasteiger partial charge is 0.0626 e. The third-order valence-corrected chi connectivity index (χ3v) is 11.8. The van der Waals surface area contributed by atoms with Crippen LogP contribution in [0.2, 0.25) is 0 Å². The highest BCUT2D eigenvalue weighted by Crippen LogP contribution is 2.56. The van der Waals surface area contributed by atoms with Gasteiger partial charge in [-0.2, -0.15) is 0 Å². The molecule has 0 N–H and O–H groups in total. The first-order chi connectivity index (χ1) is 27.2. The van der Waals surface area contributed by atoms with Crippen molar-refractivity contribution in [2.75, 3.05) is 0 Å². The van der Waals surface area contributed by atoms with Crippen molar-refractivity contribution in [3.8, 4) is 67.3 Å². The molecule has 2 heterocycles. The Hall–Kier alpha value is -6.90. The number of para-hydroxylation sites is 2. The summed E-state index contributed by atoms with van der Waals surface area (Å²) in [5, 5.41) is 1.25. The first-order valence-electron chi connectivity index (χ1n) is 19.3. The maximum absolute atomic E-state index is 2.56. The van der Waals surface area contributed by atoms with Crippen LogP contribution in [0.25, 0.3) is 89.8 Å². The molecule has 7 aromatic carbocycles. The molecular formula is C53H38N2. The molecule has 0 saturated carbocycles. The van der Waals surface area contributed by atoms with Crippen LogP contribution in [-0.2, 0) is 6.42 Å². The van der Waals surface area contributed by atoms with Gasteiger partial charge in [-0.1, -0.05) is 165 Å². The molecule has 260 valence electrons.